The largest absolute Gasteiger partial charge is 0.464 e. The monoisotopic (exact) mass is 483 g/mol. The lowest BCUT2D eigenvalue weighted by molar-refractivity contribution is -0.145. The van der Waals surface area contributed by atoms with E-state index in [4.69, 9.17) is 16.3 Å². The number of hydrogen-bond donors (Lipinski definition) is 0. The number of carbonyl (C=O) groups is 3. The van der Waals surface area contributed by atoms with Gasteiger partial charge in [0.05, 0.1) is 12.6 Å². The molecule has 35 heavy (non-hydrogen) atoms. The lowest BCUT2D eigenvalue weighted by atomic mass is 9.65. The maximum Gasteiger partial charge on any atom is 0.329 e. The molecule has 3 aromatic carbocycles. The topological polar surface area (TPSA) is 63.7 Å². The highest BCUT2D eigenvalue weighted by molar-refractivity contribution is 6.32. The molecule has 0 unspecified atom stereocenters. The molecule has 3 aliphatic rings. The highest BCUT2D eigenvalue weighted by atomic mass is 35.5. The summed E-state index contributed by atoms with van der Waals surface area (Å²) >= 11 is 6.19. The molecule has 2 aliphatic heterocycles. The fourth-order valence-electron chi connectivity index (χ4n) is 6.16. The highest BCUT2D eigenvalue weighted by Gasteiger charge is 2.71. The minimum Gasteiger partial charge on any atom is -0.464 e. The van der Waals surface area contributed by atoms with Crippen molar-refractivity contribution in [3.05, 3.63) is 106 Å². The van der Waals surface area contributed by atoms with Crippen molar-refractivity contribution in [2.75, 3.05) is 11.5 Å². The number of carbonyl (C=O) groups excluding carboxylic acids is 3. The minimum atomic E-state index is -1.51. The van der Waals surface area contributed by atoms with Crippen LogP contribution in [-0.2, 0) is 9.53 Å². The van der Waals surface area contributed by atoms with Crippen molar-refractivity contribution in [1.29, 1.82) is 0 Å². The number of anilines is 1. The van der Waals surface area contributed by atoms with Gasteiger partial charge in [-0.1, -0.05) is 78.4 Å². The summed E-state index contributed by atoms with van der Waals surface area (Å²) in [5.41, 5.74) is 1.69. The molecule has 0 radical (unpaired) electrons. The first-order valence-corrected chi connectivity index (χ1v) is 12.0. The van der Waals surface area contributed by atoms with Gasteiger partial charge in [0.1, 0.15) is 11.5 Å². The zero-order valence-electron chi connectivity index (χ0n) is 19.0. The first kappa shape index (κ1) is 21.8. The van der Waals surface area contributed by atoms with E-state index in [1.807, 2.05) is 41.3 Å². The van der Waals surface area contributed by atoms with Gasteiger partial charge in [-0.15, -0.1) is 0 Å². The Bertz CT molecular complexity index is 1380. The Morgan fingerprint density at radius 1 is 0.943 bits per heavy atom. The van der Waals surface area contributed by atoms with E-state index in [1.165, 1.54) is 0 Å². The molecular weight excluding hydrogens is 462 g/mol. The molecule has 2 heterocycles. The van der Waals surface area contributed by atoms with Gasteiger partial charge in [0.15, 0.2) is 11.6 Å². The molecule has 5 nitrogen and oxygen atoms in total. The summed E-state index contributed by atoms with van der Waals surface area (Å²) in [6.07, 6.45) is 3.83. The number of hydrogen-bond acceptors (Lipinski definition) is 5. The quantitative estimate of drug-likeness (QED) is 0.372. The Labute approximate surface area is 208 Å². The Balaban J connectivity index is 1.67. The maximum absolute atomic E-state index is 14.3. The van der Waals surface area contributed by atoms with Crippen molar-refractivity contribution < 1.29 is 19.1 Å². The molecule has 1 aliphatic carbocycles. The summed E-state index contributed by atoms with van der Waals surface area (Å²) in [7, 11) is 0. The number of halogens is 1. The predicted molar refractivity (Wildman–Crippen MR) is 134 cm³/mol. The molecule has 0 N–H and O–H groups in total. The SMILES string of the molecule is CCOC(=O)[C@H]1[C@H](c2ccc(Cl)cc2)C2(C(=O)c3ccccc3C2=O)[C@@H]2C=Cc3ccccc3N21. The predicted octanol–water partition coefficient (Wildman–Crippen LogP) is 5.34. The van der Waals surface area contributed by atoms with Gasteiger partial charge in [-0.05, 0) is 36.2 Å². The summed E-state index contributed by atoms with van der Waals surface area (Å²) in [5, 5.41) is 0.531. The second kappa shape index (κ2) is 7.92. The third-order valence-corrected chi connectivity index (χ3v) is 7.72. The zero-order valence-corrected chi connectivity index (χ0v) is 19.7. The molecule has 1 fully saturated rings. The molecule has 3 aromatic rings. The van der Waals surface area contributed by atoms with E-state index in [-0.39, 0.29) is 18.2 Å². The molecule has 6 heteroatoms. The van der Waals surface area contributed by atoms with Crippen LogP contribution in [0.2, 0.25) is 5.02 Å². The van der Waals surface area contributed by atoms with E-state index in [0.717, 1.165) is 11.3 Å². The standard InChI is InChI=1S/C29H22ClNO4/c1-2-35-28(34)25-24(18-11-14-19(30)15-12-18)29(26(32)20-8-4-5-9-21(20)27(29)33)23-16-13-17-7-3-6-10-22(17)31(23)25/h3-16,23-25H,2H2,1H3/t23-,24-,25+/m0/s1. The number of ketones is 2. The van der Waals surface area contributed by atoms with Gasteiger partial charge in [0.25, 0.3) is 0 Å². The number of rotatable bonds is 3. The van der Waals surface area contributed by atoms with Crippen LogP contribution >= 0.6 is 11.6 Å². The molecule has 174 valence electrons. The molecule has 1 saturated heterocycles. The number of ether oxygens (including phenoxy) is 1. The van der Waals surface area contributed by atoms with Crippen LogP contribution in [-0.4, -0.2) is 36.2 Å². The number of para-hydroxylation sites is 1. The second-order valence-electron chi connectivity index (χ2n) is 9.07. The maximum atomic E-state index is 14.3. The fourth-order valence-corrected chi connectivity index (χ4v) is 6.29. The fraction of sp³-hybridized carbons (Fsp3) is 0.207. The van der Waals surface area contributed by atoms with Crippen molar-refractivity contribution in [1.82, 2.24) is 0 Å². The molecule has 0 amide bonds. The first-order chi connectivity index (χ1) is 17.0. The van der Waals surface area contributed by atoms with Crippen LogP contribution in [0.5, 0.6) is 0 Å². The molecule has 0 aromatic heterocycles. The van der Waals surface area contributed by atoms with E-state index in [9.17, 15) is 14.4 Å². The van der Waals surface area contributed by atoms with Crippen LogP contribution in [0.4, 0.5) is 5.69 Å². The third-order valence-electron chi connectivity index (χ3n) is 7.47. The third kappa shape index (κ3) is 2.85. The lowest BCUT2D eigenvalue weighted by Gasteiger charge is -2.36. The van der Waals surface area contributed by atoms with E-state index in [0.29, 0.717) is 21.7 Å². The van der Waals surface area contributed by atoms with E-state index >= 15 is 0 Å². The molecular formula is C29H22ClNO4. The van der Waals surface area contributed by atoms with Crippen LogP contribution in [0.3, 0.4) is 0 Å². The van der Waals surface area contributed by atoms with Gasteiger partial charge in [0.2, 0.25) is 0 Å². The molecule has 3 atom stereocenters. The molecule has 1 spiro atoms. The second-order valence-corrected chi connectivity index (χ2v) is 9.51. The smallest absolute Gasteiger partial charge is 0.329 e. The Morgan fingerprint density at radius 3 is 2.23 bits per heavy atom. The lowest BCUT2D eigenvalue weighted by Crippen LogP contribution is -2.48. The van der Waals surface area contributed by atoms with Gasteiger partial charge < -0.3 is 9.64 Å². The van der Waals surface area contributed by atoms with Crippen molar-refractivity contribution >= 4 is 40.9 Å². The van der Waals surface area contributed by atoms with Gasteiger partial charge in [-0.3, -0.25) is 9.59 Å². The number of fused-ring (bicyclic) bond motifs is 5. The van der Waals surface area contributed by atoms with Crippen molar-refractivity contribution in [2.24, 2.45) is 5.41 Å². The van der Waals surface area contributed by atoms with Gasteiger partial charge >= 0.3 is 5.97 Å². The summed E-state index contributed by atoms with van der Waals surface area (Å²) in [6, 6.07) is 20.2. The van der Waals surface area contributed by atoms with Crippen LogP contribution in [0.1, 0.15) is 44.7 Å². The van der Waals surface area contributed by atoms with Crippen LogP contribution in [0, 0.1) is 5.41 Å². The normalized spacial score (nSPS) is 23.3. The zero-order chi connectivity index (χ0) is 24.3. The Hall–Kier alpha value is -3.70. The van der Waals surface area contributed by atoms with Crippen LogP contribution < -0.4 is 4.90 Å². The average molecular weight is 484 g/mol. The van der Waals surface area contributed by atoms with Crippen molar-refractivity contribution in [2.45, 2.75) is 24.9 Å². The van der Waals surface area contributed by atoms with Crippen molar-refractivity contribution in [3.63, 3.8) is 0 Å². The molecule has 0 saturated carbocycles. The van der Waals surface area contributed by atoms with Crippen molar-refractivity contribution in [3.8, 4) is 0 Å². The number of benzene rings is 3. The van der Waals surface area contributed by atoms with Crippen LogP contribution in [0.25, 0.3) is 6.08 Å². The summed E-state index contributed by atoms with van der Waals surface area (Å²) in [5.74, 6) is -1.75. The van der Waals surface area contributed by atoms with Crippen LogP contribution in [0.15, 0.2) is 78.9 Å². The molecule has 6 rings (SSSR count). The van der Waals surface area contributed by atoms with Gasteiger partial charge in [0, 0.05) is 27.8 Å². The molecule has 0 bridgehead atoms. The minimum absolute atomic E-state index is 0.188. The Kier molecular flexibility index (Phi) is 4.94. The van der Waals surface area contributed by atoms with E-state index in [1.54, 1.807) is 55.5 Å². The Morgan fingerprint density at radius 2 is 1.57 bits per heavy atom. The average Bonchev–Trinajstić information content (AvgIpc) is 3.31. The van der Waals surface area contributed by atoms with E-state index in [2.05, 4.69) is 0 Å². The van der Waals surface area contributed by atoms with Gasteiger partial charge in [-0.2, -0.15) is 0 Å². The first-order valence-electron chi connectivity index (χ1n) is 11.7. The van der Waals surface area contributed by atoms with Gasteiger partial charge in [-0.25, -0.2) is 4.79 Å². The number of Topliss-reactive ketones (excluding diaryl/α,β-unsaturated/α-hetero) is 2. The summed E-state index contributed by atoms with van der Waals surface area (Å²) in [4.78, 5) is 44.2. The van der Waals surface area contributed by atoms with E-state index < -0.39 is 29.4 Å². The highest BCUT2D eigenvalue weighted by Crippen LogP contribution is 2.60. The number of nitrogens with zero attached hydrogens (tertiary/aromatic N) is 1. The number of esters is 1. The summed E-state index contributed by atoms with van der Waals surface area (Å²) < 4.78 is 5.56. The summed E-state index contributed by atoms with van der Waals surface area (Å²) in [6.45, 7) is 1.94.